The highest BCUT2D eigenvalue weighted by molar-refractivity contribution is 6.15. The van der Waals surface area contributed by atoms with Crippen LogP contribution in [0, 0.1) is 6.07 Å². The maximum Gasteiger partial charge on any atom is 0.732 e. The number of halogens is 2. The molecule has 0 bridgehead atoms. The average Bonchev–Trinajstić information content (AvgIpc) is 1.93. The Kier molecular flexibility index (Phi) is 7.28. The molecule has 9 heavy (non-hydrogen) atoms. The zero-order valence-electron chi connectivity index (χ0n) is 4.85. The molecule has 0 aliphatic rings. The largest absolute Gasteiger partial charge is 0.732 e. The molecule has 0 spiro atoms. The fraction of sp³-hybridized carbons (Fsp3) is 0. The predicted molar refractivity (Wildman–Crippen MR) is 34.6 cm³/mol. The van der Waals surface area contributed by atoms with Gasteiger partial charge >= 0.3 is 16.1 Å². The van der Waals surface area contributed by atoms with Crippen LogP contribution in [0.15, 0.2) is 30.3 Å². The van der Waals surface area contributed by atoms with Gasteiger partial charge in [-0.1, -0.05) is 30.3 Å². The highest BCUT2D eigenvalue weighted by atomic mass is 27.2. The first-order valence-electron chi connectivity index (χ1n) is 2.45. The lowest BCUT2D eigenvalue weighted by Crippen LogP contribution is -1.49. The van der Waals surface area contributed by atoms with Crippen molar-refractivity contribution in [1.29, 1.82) is 0 Å². The molecule has 0 aromatic heterocycles. The number of hydrogen-bond acceptors (Lipinski definition) is 0. The lowest BCUT2D eigenvalue weighted by Gasteiger charge is -1.68. The molecule has 0 aliphatic carbocycles. The van der Waals surface area contributed by atoms with Crippen molar-refractivity contribution in [2.24, 2.45) is 0 Å². The molecule has 0 unspecified atom stereocenters. The molecular weight excluding hydrogens is 137 g/mol. The van der Waals surface area contributed by atoms with Crippen molar-refractivity contribution >= 4 is 16.1 Å². The molecule has 3 heteroatoms. The van der Waals surface area contributed by atoms with E-state index < -0.39 is 16.1 Å². The van der Waals surface area contributed by atoms with E-state index in [4.69, 9.17) is 0 Å². The summed E-state index contributed by atoms with van der Waals surface area (Å²) in [5.74, 6) is 0. The summed E-state index contributed by atoms with van der Waals surface area (Å²) in [7, 11) is 0. The van der Waals surface area contributed by atoms with E-state index in [1.165, 1.54) is 0 Å². The third-order valence-corrected chi connectivity index (χ3v) is 0.607. The summed E-state index contributed by atoms with van der Waals surface area (Å²) in [6.07, 6.45) is 0. The van der Waals surface area contributed by atoms with E-state index in [1.54, 1.807) is 0 Å². The Labute approximate surface area is 60.2 Å². The molecule has 1 aromatic carbocycles. The molecule has 0 atom stereocenters. The first-order valence-corrected chi connectivity index (χ1v) is 3.51. The van der Waals surface area contributed by atoms with Gasteiger partial charge in [-0.25, -0.2) is 0 Å². The van der Waals surface area contributed by atoms with Gasteiger partial charge in [0.05, 0.1) is 0 Å². The molecule has 47 valence electrons. The van der Waals surface area contributed by atoms with E-state index in [1.807, 2.05) is 30.3 Å². The van der Waals surface area contributed by atoms with Crippen molar-refractivity contribution in [3.63, 3.8) is 0 Å². The van der Waals surface area contributed by atoms with Crippen LogP contribution in [0.4, 0.5) is 7.05 Å². The normalized spacial score (nSPS) is 6.89. The minimum atomic E-state index is -2.58. The molecule has 0 amide bonds. The zero-order chi connectivity index (χ0) is 6.95. The smallest absolute Gasteiger partial charge is 0.377 e. The fourth-order valence-corrected chi connectivity index (χ4v) is 0.342. The Morgan fingerprint density at radius 1 is 1.00 bits per heavy atom. The molecule has 0 saturated carbocycles. The van der Waals surface area contributed by atoms with Gasteiger partial charge in [-0.3, -0.25) is 0 Å². The van der Waals surface area contributed by atoms with Gasteiger partial charge in [0.1, 0.15) is 0 Å². The maximum absolute atomic E-state index is 9.76. The Morgan fingerprint density at radius 2 is 1.44 bits per heavy atom. The molecular formula is C6H6AlF2. The topological polar surface area (TPSA) is 0 Å². The summed E-state index contributed by atoms with van der Waals surface area (Å²) in [5, 5.41) is 0. The lowest BCUT2D eigenvalue weighted by molar-refractivity contribution is 0.712. The van der Waals surface area contributed by atoms with Gasteiger partial charge in [0.2, 0.25) is 0 Å². The third kappa shape index (κ3) is 7.61. The van der Waals surface area contributed by atoms with Gasteiger partial charge in [0, 0.05) is 0 Å². The van der Waals surface area contributed by atoms with E-state index in [2.05, 4.69) is 6.07 Å². The summed E-state index contributed by atoms with van der Waals surface area (Å²) in [5.41, 5.74) is 0. The van der Waals surface area contributed by atoms with Crippen molar-refractivity contribution in [1.82, 2.24) is 0 Å². The maximum atomic E-state index is 9.76. The van der Waals surface area contributed by atoms with Crippen molar-refractivity contribution in [2.75, 3.05) is 0 Å². The Bertz CT molecular complexity index is 93.9. The minimum Gasteiger partial charge on any atom is -0.377 e. The summed E-state index contributed by atoms with van der Waals surface area (Å²) in [6, 6.07) is 12.5. The number of rotatable bonds is 0. The summed E-state index contributed by atoms with van der Waals surface area (Å²) in [6.45, 7) is 0. The average molecular weight is 143 g/mol. The first kappa shape index (κ1) is 8.61. The van der Waals surface area contributed by atoms with E-state index in [9.17, 15) is 7.05 Å². The van der Waals surface area contributed by atoms with Crippen molar-refractivity contribution < 1.29 is 7.05 Å². The molecule has 1 radical (unpaired) electrons. The Morgan fingerprint density at radius 3 is 1.56 bits per heavy atom. The Balaban J connectivity index is 0.000000187. The highest BCUT2D eigenvalue weighted by Crippen LogP contribution is 1.78. The third-order valence-electron chi connectivity index (χ3n) is 0.607. The minimum absolute atomic E-state index is 1.88. The molecule has 0 N–H and O–H groups in total. The quantitative estimate of drug-likeness (QED) is 0.484. The highest BCUT2D eigenvalue weighted by Gasteiger charge is 1.70. The van der Waals surface area contributed by atoms with Crippen LogP contribution in [-0.2, 0) is 0 Å². The van der Waals surface area contributed by atoms with Crippen LogP contribution >= 0.6 is 0 Å². The summed E-state index contributed by atoms with van der Waals surface area (Å²) >= 11 is -2.58. The van der Waals surface area contributed by atoms with Crippen LogP contribution in [0.3, 0.4) is 0 Å². The number of hydrogen-bond donors (Lipinski definition) is 0. The zero-order valence-corrected chi connectivity index (χ0v) is 6.26. The lowest BCUT2D eigenvalue weighted by atomic mass is 10.4. The van der Waals surface area contributed by atoms with Gasteiger partial charge in [-0.15, -0.1) is 0 Å². The Hall–Kier alpha value is -0.388. The molecule has 1 aromatic rings. The molecule has 0 aliphatic heterocycles. The first-order chi connectivity index (χ1) is 4.41. The monoisotopic (exact) mass is 143 g/mol. The second-order valence-electron chi connectivity index (χ2n) is 1.18. The van der Waals surface area contributed by atoms with Crippen LogP contribution in [0.1, 0.15) is 0 Å². The standard InChI is InChI=1S/C6H5.Al.2FH.H/c1-2-4-6-5-3-1;;;;/h1-5H;;2*1H;/q;+2;;;/p-2. The molecule has 0 saturated heterocycles. The van der Waals surface area contributed by atoms with Crippen LogP contribution in [0.25, 0.3) is 0 Å². The van der Waals surface area contributed by atoms with Gasteiger partial charge in [-0.05, 0) is 6.07 Å². The van der Waals surface area contributed by atoms with Crippen LogP contribution < -0.4 is 0 Å². The van der Waals surface area contributed by atoms with Crippen molar-refractivity contribution in [3.8, 4) is 0 Å². The van der Waals surface area contributed by atoms with Crippen LogP contribution in [-0.4, -0.2) is 16.1 Å². The van der Waals surface area contributed by atoms with E-state index in [-0.39, 0.29) is 0 Å². The molecule has 1 rings (SSSR count). The summed E-state index contributed by atoms with van der Waals surface area (Å²) in [4.78, 5) is 0. The van der Waals surface area contributed by atoms with Gasteiger partial charge in [0.25, 0.3) is 0 Å². The summed E-state index contributed by atoms with van der Waals surface area (Å²) < 4.78 is 19.5. The van der Waals surface area contributed by atoms with E-state index in [0.29, 0.717) is 0 Å². The molecule has 0 nitrogen and oxygen atoms in total. The predicted octanol–water partition coefficient (Wildman–Crippen LogP) is 1.68. The second-order valence-corrected chi connectivity index (χ2v) is 1.38. The number of benzene rings is 1. The van der Waals surface area contributed by atoms with E-state index in [0.717, 1.165) is 0 Å². The van der Waals surface area contributed by atoms with Gasteiger partial charge in [-0.2, -0.15) is 0 Å². The van der Waals surface area contributed by atoms with Gasteiger partial charge in [0.15, 0.2) is 0 Å². The van der Waals surface area contributed by atoms with Gasteiger partial charge < -0.3 is 7.05 Å². The van der Waals surface area contributed by atoms with Crippen molar-refractivity contribution in [3.05, 3.63) is 36.4 Å². The molecule has 0 heterocycles. The van der Waals surface area contributed by atoms with E-state index >= 15 is 0 Å². The van der Waals surface area contributed by atoms with Crippen molar-refractivity contribution in [2.45, 2.75) is 0 Å². The SMILES string of the molecule is [F][AlH][F].[c]1ccccc1. The second kappa shape index (κ2) is 7.61. The van der Waals surface area contributed by atoms with Crippen LogP contribution in [0.2, 0.25) is 0 Å². The van der Waals surface area contributed by atoms with Crippen LogP contribution in [0.5, 0.6) is 0 Å². The molecule has 0 fully saturated rings. The fourth-order valence-electron chi connectivity index (χ4n) is 0.342.